The average Bonchev–Trinajstić information content (AvgIpc) is 3.65. The standard InChI is InChI=1S/C28H32F2N6O4S/c1-27(10-11-27)33-25(39)15-6-8-28(9-7-15)34(2)26(40)21-23(38)22(37)18(14-36(21)35(28)3)24(32)41-20(31)12-16-4-5-17(29)13-19(16)30/h4-5,13-15,31-32,38H,6-12H2,1-3H3,(H,33,39). The Morgan fingerprint density at radius 1 is 1.15 bits per heavy atom. The summed E-state index contributed by atoms with van der Waals surface area (Å²) in [6.07, 6.45) is 5.04. The third-order valence-electron chi connectivity index (χ3n) is 8.64. The van der Waals surface area contributed by atoms with Crippen molar-refractivity contribution in [3.05, 3.63) is 63.1 Å². The van der Waals surface area contributed by atoms with Crippen LogP contribution in [0.4, 0.5) is 8.78 Å². The van der Waals surface area contributed by atoms with Gasteiger partial charge in [0, 0.05) is 44.2 Å². The fraction of sp³-hybridized carbons (Fsp3) is 0.464. The molecule has 0 saturated heterocycles. The van der Waals surface area contributed by atoms with E-state index in [2.05, 4.69) is 5.32 Å². The molecule has 1 aromatic carbocycles. The molecule has 3 aliphatic rings. The Kier molecular flexibility index (Phi) is 7.21. The smallest absolute Gasteiger partial charge is 0.278 e. The Hall–Kier alpha value is -3.74. The van der Waals surface area contributed by atoms with Gasteiger partial charge in [-0.05, 0) is 57.1 Å². The van der Waals surface area contributed by atoms with Gasteiger partial charge in [-0.1, -0.05) is 17.8 Å². The van der Waals surface area contributed by atoms with Gasteiger partial charge in [0.25, 0.3) is 5.91 Å². The lowest BCUT2D eigenvalue weighted by molar-refractivity contribution is -0.127. The molecule has 1 aromatic heterocycles. The number of benzene rings is 1. The van der Waals surface area contributed by atoms with Crippen LogP contribution in [0.2, 0.25) is 0 Å². The highest BCUT2D eigenvalue weighted by molar-refractivity contribution is 8.26. The number of thioether (sulfide) groups is 1. The maximum absolute atomic E-state index is 14.1. The third kappa shape index (κ3) is 5.11. The van der Waals surface area contributed by atoms with Crippen LogP contribution in [0.1, 0.15) is 67.1 Å². The number of aromatic hydroxyl groups is 1. The van der Waals surface area contributed by atoms with Gasteiger partial charge in [-0.25, -0.2) is 8.78 Å². The summed E-state index contributed by atoms with van der Waals surface area (Å²) in [6.45, 7) is 2.02. The summed E-state index contributed by atoms with van der Waals surface area (Å²) in [5, 5.41) is 31.9. The average molecular weight is 587 g/mol. The Labute approximate surface area is 239 Å². The lowest BCUT2D eigenvalue weighted by Gasteiger charge is -2.55. The van der Waals surface area contributed by atoms with E-state index in [1.807, 2.05) is 6.92 Å². The van der Waals surface area contributed by atoms with Crippen LogP contribution in [0, 0.1) is 28.4 Å². The normalized spacial score (nSPS) is 22.9. The predicted octanol–water partition coefficient (Wildman–Crippen LogP) is 3.32. The number of nitrogens with zero attached hydrogens (tertiary/aromatic N) is 3. The van der Waals surface area contributed by atoms with Gasteiger partial charge in [0.2, 0.25) is 11.3 Å². The Bertz CT molecular complexity index is 1530. The molecule has 218 valence electrons. The summed E-state index contributed by atoms with van der Waals surface area (Å²) in [5.74, 6) is -3.11. The molecule has 2 aliphatic carbocycles. The van der Waals surface area contributed by atoms with Crippen molar-refractivity contribution in [1.82, 2.24) is 14.9 Å². The van der Waals surface area contributed by atoms with E-state index in [0.29, 0.717) is 43.5 Å². The van der Waals surface area contributed by atoms with Crippen LogP contribution in [0.3, 0.4) is 0 Å². The van der Waals surface area contributed by atoms with E-state index in [1.54, 1.807) is 19.1 Å². The highest BCUT2D eigenvalue weighted by atomic mass is 32.2. The van der Waals surface area contributed by atoms with Gasteiger partial charge in [-0.3, -0.25) is 34.9 Å². The molecule has 2 fully saturated rings. The van der Waals surface area contributed by atoms with E-state index in [0.717, 1.165) is 18.9 Å². The number of carbonyl (C=O) groups excluding carboxylic acids is 2. The number of pyridine rings is 1. The molecular weight excluding hydrogens is 554 g/mol. The fourth-order valence-electron chi connectivity index (χ4n) is 5.72. The van der Waals surface area contributed by atoms with Gasteiger partial charge < -0.3 is 15.3 Å². The first-order chi connectivity index (χ1) is 19.3. The van der Waals surface area contributed by atoms with Crippen molar-refractivity contribution in [2.24, 2.45) is 5.92 Å². The second-order valence-electron chi connectivity index (χ2n) is 11.4. The van der Waals surface area contributed by atoms with Crippen LogP contribution < -0.4 is 15.8 Å². The summed E-state index contributed by atoms with van der Waals surface area (Å²) in [4.78, 5) is 40.9. The molecular formula is C28H32F2N6O4S. The van der Waals surface area contributed by atoms with E-state index in [4.69, 9.17) is 10.8 Å². The number of aromatic nitrogens is 1. The highest BCUT2D eigenvalue weighted by Gasteiger charge is 2.51. The van der Waals surface area contributed by atoms with Crippen LogP contribution in [0.25, 0.3) is 0 Å². The number of fused-ring (bicyclic) bond motifs is 1. The van der Waals surface area contributed by atoms with Crippen molar-refractivity contribution in [2.75, 3.05) is 19.1 Å². The number of carbonyl (C=O) groups is 2. The zero-order valence-corrected chi connectivity index (χ0v) is 23.8. The second-order valence-corrected chi connectivity index (χ2v) is 12.5. The number of hydrogen-bond acceptors (Lipinski definition) is 8. The summed E-state index contributed by atoms with van der Waals surface area (Å²) >= 11 is 0.600. The van der Waals surface area contributed by atoms with Gasteiger partial charge in [0.05, 0.1) is 10.6 Å². The molecule has 1 spiro atoms. The minimum atomic E-state index is -0.936. The minimum absolute atomic E-state index is 0.0183. The first-order valence-electron chi connectivity index (χ1n) is 13.4. The topological polar surface area (TPSA) is 143 Å². The maximum Gasteiger partial charge on any atom is 0.278 e. The SMILES string of the molecule is CN1C(=O)c2c(O)c(=O)c(C(=N)SC(=N)Cc3ccc(F)cc3F)cn2N(C)C12CCC(C(=O)NC1(C)CC1)CC2. The van der Waals surface area contributed by atoms with Crippen molar-refractivity contribution in [2.45, 2.75) is 63.1 Å². The number of hydrogen-bond donors (Lipinski definition) is 4. The van der Waals surface area contributed by atoms with Crippen molar-refractivity contribution in [3.63, 3.8) is 0 Å². The molecule has 1 aliphatic heterocycles. The zero-order chi connectivity index (χ0) is 29.9. The van der Waals surface area contributed by atoms with E-state index in [9.17, 15) is 28.3 Å². The first-order valence-corrected chi connectivity index (χ1v) is 14.2. The number of amides is 2. The molecule has 2 saturated carbocycles. The van der Waals surface area contributed by atoms with Crippen LogP contribution >= 0.6 is 11.8 Å². The fourth-order valence-corrected chi connectivity index (χ4v) is 6.45. The lowest BCUT2D eigenvalue weighted by atomic mass is 9.79. The van der Waals surface area contributed by atoms with Crippen LogP contribution in [-0.2, 0) is 11.2 Å². The molecule has 2 aromatic rings. The Balaban J connectivity index is 1.38. The Morgan fingerprint density at radius 2 is 1.80 bits per heavy atom. The van der Waals surface area contributed by atoms with Gasteiger partial charge in [-0.15, -0.1) is 0 Å². The molecule has 0 atom stereocenters. The molecule has 10 nitrogen and oxygen atoms in total. The highest BCUT2D eigenvalue weighted by Crippen LogP contribution is 2.42. The number of nitrogens with one attached hydrogen (secondary N) is 3. The first kappa shape index (κ1) is 28.8. The number of halogens is 2. The third-order valence-corrected chi connectivity index (χ3v) is 9.45. The summed E-state index contributed by atoms with van der Waals surface area (Å²) < 4.78 is 28.7. The van der Waals surface area contributed by atoms with E-state index in [1.165, 1.54) is 21.8 Å². The van der Waals surface area contributed by atoms with Crippen molar-refractivity contribution in [1.29, 1.82) is 10.8 Å². The van der Waals surface area contributed by atoms with Crippen LogP contribution in [-0.4, -0.2) is 61.9 Å². The van der Waals surface area contributed by atoms with Gasteiger partial charge in [-0.2, -0.15) is 0 Å². The lowest BCUT2D eigenvalue weighted by Crippen LogP contribution is -2.69. The molecule has 13 heteroatoms. The molecule has 5 rings (SSSR count). The molecule has 2 heterocycles. The van der Waals surface area contributed by atoms with E-state index < -0.39 is 34.4 Å². The molecule has 0 unspecified atom stereocenters. The van der Waals surface area contributed by atoms with E-state index in [-0.39, 0.29) is 50.7 Å². The van der Waals surface area contributed by atoms with Crippen LogP contribution in [0.15, 0.2) is 29.2 Å². The summed E-state index contributed by atoms with van der Waals surface area (Å²) in [7, 11) is 3.33. The van der Waals surface area contributed by atoms with Gasteiger partial charge in [0.15, 0.2) is 11.4 Å². The monoisotopic (exact) mass is 586 g/mol. The Morgan fingerprint density at radius 3 is 2.41 bits per heavy atom. The minimum Gasteiger partial charge on any atom is -0.502 e. The second kappa shape index (κ2) is 10.3. The van der Waals surface area contributed by atoms with Gasteiger partial charge in [0.1, 0.15) is 22.3 Å². The zero-order valence-electron chi connectivity index (χ0n) is 23.0. The summed E-state index contributed by atoms with van der Waals surface area (Å²) in [5.41, 5.74) is -2.29. The predicted molar refractivity (Wildman–Crippen MR) is 151 cm³/mol. The molecule has 2 amide bonds. The largest absolute Gasteiger partial charge is 0.502 e. The molecule has 0 bridgehead atoms. The van der Waals surface area contributed by atoms with E-state index >= 15 is 0 Å². The van der Waals surface area contributed by atoms with Crippen molar-refractivity contribution >= 4 is 33.7 Å². The molecule has 41 heavy (non-hydrogen) atoms. The van der Waals surface area contributed by atoms with Crippen LogP contribution in [0.5, 0.6) is 5.75 Å². The maximum atomic E-state index is 14.1. The van der Waals surface area contributed by atoms with Crippen molar-refractivity contribution < 1.29 is 23.5 Å². The summed E-state index contributed by atoms with van der Waals surface area (Å²) in [6, 6.07) is 2.99. The molecule has 4 N–H and O–H groups in total. The number of rotatable bonds is 5. The molecule has 0 radical (unpaired) electrons. The van der Waals surface area contributed by atoms with Crippen molar-refractivity contribution in [3.8, 4) is 5.75 Å². The quantitative estimate of drug-likeness (QED) is 0.313. The van der Waals surface area contributed by atoms with Gasteiger partial charge >= 0.3 is 0 Å².